The largest absolute Gasteiger partial charge is 0.299 e. The lowest BCUT2D eigenvalue weighted by molar-refractivity contribution is 0.510. The van der Waals surface area contributed by atoms with Crippen LogP contribution in [0, 0.1) is 13.8 Å². The molecule has 0 radical (unpaired) electrons. The molecule has 0 saturated carbocycles. The first-order valence-electron chi connectivity index (χ1n) is 5.47. The Bertz CT molecular complexity index is 359. The van der Waals surface area contributed by atoms with Crippen LogP contribution in [0.4, 0.5) is 0 Å². The second kappa shape index (κ2) is 4.18. The minimum atomic E-state index is 0.433. The molecule has 0 spiro atoms. The first-order chi connectivity index (χ1) is 7.09. The van der Waals surface area contributed by atoms with Crippen molar-refractivity contribution in [2.75, 3.05) is 5.75 Å². The lowest BCUT2D eigenvalue weighted by Crippen LogP contribution is -2.34. The van der Waals surface area contributed by atoms with E-state index < -0.39 is 0 Å². The molecular weight excluding hydrogens is 206 g/mol. The molecule has 15 heavy (non-hydrogen) atoms. The van der Waals surface area contributed by atoms with Crippen LogP contribution in [-0.4, -0.2) is 21.6 Å². The second-order valence-electron chi connectivity index (χ2n) is 4.32. The number of hydrogen-bond acceptors (Lipinski definition) is 3. The van der Waals surface area contributed by atoms with E-state index in [-0.39, 0.29) is 0 Å². The molecule has 84 valence electrons. The van der Waals surface area contributed by atoms with Crippen molar-refractivity contribution in [3.63, 3.8) is 0 Å². The maximum Gasteiger partial charge on any atom is 0.0827 e. The van der Waals surface area contributed by atoms with Crippen molar-refractivity contribution >= 4 is 11.8 Å². The molecule has 1 aliphatic heterocycles. The van der Waals surface area contributed by atoms with Gasteiger partial charge in [0, 0.05) is 24.3 Å². The Morgan fingerprint density at radius 1 is 1.47 bits per heavy atom. The van der Waals surface area contributed by atoms with Gasteiger partial charge in [0.1, 0.15) is 0 Å². The Hall–Kier alpha value is -0.480. The van der Waals surface area contributed by atoms with E-state index >= 15 is 0 Å². The lowest BCUT2D eigenvalue weighted by Gasteiger charge is -2.28. The molecule has 1 fully saturated rings. The molecule has 1 aromatic rings. The first-order valence-corrected chi connectivity index (χ1v) is 6.52. The quantitative estimate of drug-likeness (QED) is 0.794. The zero-order valence-corrected chi connectivity index (χ0v) is 10.7. The average molecular weight is 225 g/mol. The van der Waals surface area contributed by atoms with Gasteiger partial charge in [0.25, 0.3) is 0 Å². The van der Waals surface area contributed by atoms with Gasteiger partial charge >= 0.3 is 0 Å². The summed E-state index contributed by atoms with van der Waals surface area (Å²) in [7, 11) is 2.02. The maximum absolute atomic E-state index is 4.47. The zero-order chi connectivity index (χ0) is 11.0. The van der Waals surface area contributed by atoms with E-state index in [4.69, 9.17) is 0 Å². The Morgan fingerprint density at radius 2 is 2.20 bits per heavy atom. The summed E-state index contributed by atoms with van der Waals surface area (Å²) < 4.78 is 1.98. The minimum absolute atomic E-state index is 0.433. The molecule has 1 aromatic heterocycles. The molecule has 2 rings (SSSR count). The Labute approximate surface area is 95.6 Å². The molecule has 1 aliphatic rings. The maximum atomic E-state index is 4.47. The molecule has 2 heterocycles. The van der Waals surface area contributed by atoms with Gasteiger partial charge in [0.15, 0.2) is 0 Å². The van der Waals surface area contributed by atoms with Gasteiger partial charge in [-0.2, -0.15) is 5.10 Å². The van der Waals surface area contributed by atoms with E-state index in [2.05, 4.69) is 31.2 Å². The van der Waals surface area contributed by atoms with Crippen molar-refractivity contribution in [3.8, 4) is 0 Å². The highest BCUT2D eigenvalue weighted by atomic mass is 32.2. The molecule has 0 bridgehead atoms. The predicted molar refractivity (Wildman–Crippen MR) is 65.1 cm³/mol. The van der Waals surface area contributed by atoms with E-state index in [9.17, 15) is 0 Å². The molecule has 3 nitrogen and oxygen atoms in total. The van der Waals surface area contributed by atoms with Gasteiger partial charge in [0.2, 0.25) is 0 Å². The van der Waals surface area contributed by atoms with Crippen molar-refractivity contribution in [1.29, 1.82) is 0 Å². The number of nitrogens with one attached hydrogen (secondary N) is 1. The number of nitrogens with zero attached hydrogens (tertiary/aromatic N) is 2. The minimum Gasteiger partial charge on any atom is -0.299 e. The van der Waals surface area contributed by atoms with Crippen LogP contribution in [0.5, 0.6) is 0 Å². The van der Waals surface area contributed by atoms with Crippen LogP contribution < -0.4 is 5.32 Å². The number of aryl methyl sites for hydroxylation is 2. The third-order valence-corrected chi connectivity index (χ3v) is 4.27. The summed E-state index contributed by atoms with van der Waals surface area (Å²) in [6.45, 7) is 6.51. The van der Waals surface area contributed by atoms with Gasteiger partial charge in [-0.3, -0.25) is 10.00 Å². The summed E-state index contributed by atoms with van der Waals surface area (Å²) in [4.78, 5) is 0. The standard InChI is InChI=1S/C11H19N3S/c1-7-5-6-15-11(12-7)10-8(2)13-14(4)9(10)3/h7,11-12H,5-6H2,1-4H3. The van der Waals surface area contributed by atoms with Crippen LogP contribution in [0.15, 0.2) is 0 Å². The summed E-state index contributed by atoms with van der Waals surface area (Å²) in [5.41, 5.74) is 3.83. The molecule has 1 saturated heterocycles. The van der Waals surface area contributed by atoms with Crippen LogP contribution in [0.3, 0.4) is 0 Å². The fourth-order valence-electron chi connectivity index (χ4n) is 2.09. The summed E-state index contributed by atoms with van der Waals surface area (Å²) in [6, 6.07) is 0.621. The number of hydrogen-bond donors (Lipinski definition) is 1. The van der Waals surface area contributed by atoms with E-state index in [0.717, 1.165) is 5.69 Å². The zero-order valence-electron chi connectivity index (χ0n) is 9.87. The summed E-state index contributed by atoms with van der Waals surface area (Å²) >= 11 is 2.00. The SMILES string of the molecule is Cc1nn(C)c(C)c1C1NC(C)CCS1. The molecule has 0 amide bonds. The van der Waals surface area contributed by atoms with Crippen LogP contribution in [0.1, 0.15) is 35.7 Å². The fourth-order valence-corrected chi connectivity index (χ4v) is 3.65. The van der Waals surface area contributed by atoms with Gasteiger partial charge in [-0.15, -0.1) is 11.8 Å². The van der Waals surface area contributed by atoms with Crippen molar-refractivity contribution in [3.05, 3.63) is 17.0 Å². The Morgan fingerprint density at radius 3 is 2.73 bits per heavy atom. The highest BCUT2D eigenvalue weighted by Crippen LogP contribution is 2.34. The van der Waals surface area contributed by atoms with E-state index in [1.54, 1.807) is 0 Å². The topological polar surface area (TPSA) is 29.9 Å². The van der Waals surface area contributed by atoms with E-state index in [1.165, 1.54) is 23.4 Å². The predicted octanol–water partition coefficient (Wildman–Crippen LogP) is 2.15. The van der Waals surface area contributed by atoms with Crippen molar-refractivity contribution in [1.82, 2.24) is 15.1 Å². The molecule has 0 aliphatic carbocycles. The second-order valence-corrected chi connectivity index (χ2v) is 5.53. The smallest absolute Gasteiger partial charge is 0.0827 e. The average Bonchev–Trinajstić information content (AvgIpc) is 2.41. The third-order valence-electron chi connectivity index (χ3n) is 3.10. The summed E-state index contributed by atoms with van der Waals surface area (Å²) in [5, 5.41) is 8.54. The van der Waals surface area contributed by atoms with Crippen LogP contribution >= 0.6 is 11.8 Å². The Balaban J connectivity index is 2.28. The fraction of sp³-hybridized carbons (Fsp3) is 0.727. The number of rotatable bonds is 1. The molecule has 2 unspecified atom stereocenters. The normalized spacial score (nSPS) is 26.9. The third kappa shape index (κ3) is 2.06. The van der Waals surface area contributed by atoms with Crippen LogP contribution in [0.2, 0.25) is 0 Å². The van der Waals surface area contributed by atoms with Gasteiger partial charge in [0.05, 0.1) is 11.1 Å². The van der Waals surface area contributed by atoms with Gasteiger partial charge in [-0.05, 0) is 32.9 Å². The summed E-state index contributed by atoms with van der Waals surface area (Å²) in [5.74, 6) is 1.24. The van der Waals surface area contributed by atoms with Gasteiger partial charge in [-0.1, -0.05) is 0 Å². The molecule has 1 N–H and O–H groups in total. The number of aromatic nitrogens is 2. The van der Waals surface area contributed by atoms with Crippen molar-refractivity contribution in [2.45, 2.75) is 38.6 Å². The molecule has 0 aromatic carbocycles. The van der Waals surface area contributed by atoms with Gasteiger partial charge < -0.3 is 0 Å². The highest BCUT2D eigenvalue weighted by Gasteiger charge is 2.24. The lowest BCUT2D eigenvalue weighted by atomic mass is 10.1. The molecule has 4 heteroatoms. The van der Waals surface area contributed by atoms with Crippen molar-refractivity contribution in [2.24, 2.45) is 7.05 Å². The Kier molecular flexibility index (Phi) is 3.07. The molecular formula is C11H19N3S. The van der Waals surface area contributed by atoms with E-state index in [1.807, 2.05) is 23.5 Å². The highest BCUT2D eigenvalue weighted by molar-refractivity contribution is 7.99. The summed E-state index contributed by atoms with van der Waals surface area (Å²) in [6.07, 6.45) is 1.26. The number of thioether (sulfide) groups is 1. The van der Waals surface area contributed by atoms with Crippen molar-refractivity contribution < 1.29 is 0 Å². The monoisotopic (exact) mass is 225 g/mol. The van der Waals surface area contributed by atoms with E-state index in [0.29, 0.717) is 11.4 Å². The van der Waals surface area contributed by atoms with Gasteiger partial charge in [-0.25, -0.2) is 0 Å². The van der Waals surface area contributed by atoms with Crippen LogP contribution in [0.25, 0.3) is 0 Å². The van der Waals surface area contributed by atoms with Crippen LogP contribution in [-0.2, 0) is 7.05 Å². The molecule has 2 atom stereocenters. The first kappa shape index (κ1) is 11.0.